The lowest BCUT2D eigenvalue weighted by Crippen LogP contribution is -2.05. The number of methoxy groups -OCH3 is 1. The molecule has 0 aliphatic heterocycles. The summed E-state index contributed by atoms with van der Waals surface area (Å²) >= 11 is 0. The molecule has 0 amide bonds. The molecule has 2 heterocycles. The molecule has 7 heteroatoms. The summed E-state index contributed by atoms with van der Waals surface area (Å²) in [5.41, 5.74) is 6.19. The zero-order chi connectivity index (χ0) is 10.1. The van der Waals surface area contributed by atoms with Crippen LogP contribution < -0.4 is 5.73 Å². The molecule has 0 spiro atoms. The molecular weight excluding hydrogens is 186 g/mol. The number of nitrogen functional groups attached to an aromatic ring is 1. The molecule has 7 nitrogen and oxygen atoms in total. The van der Waals surface area contributed by atoms with Crippen molar-refractivity contribution in [1.82, 2.24) is 19.8 Å². The number of nitrogens with zero attached hydrogens (tertiary/aromatic N) is 4. The van der Waals surface area contributed by atoms with Crippen LogP contribution in [0.5, 0.6) is 0 Å². The van der Waals surface area contributed by atoms with Crippen molar-refractivity contribution in [1.29, 1.82) is 0 Å². The molecule has 0 atom stereocenters. The lowest BCUT2D eigenvalue weighted by Gasteiger charge is -1.97. The van der Waals surface area contributed by atoms with Gasteiger partial charge >= 0.3 is 5.97 Å². The first-order chi connectivity index (χ1) is 6.74. The second kappa shape index (κ2) is 2.95. The molecule has 0 aromatic carbocycles. The Morgan fingerprint density at radius 3 is 3.07 bits per heavy atom. The van der Waals surface area contributed by atoms with Gasteiger partial charge in [-0.2, -0.15) is 5.10 Å². The first-order valence-electron chi connectivity index (χ1n) is 3.77. The second-order valence-electron chi connectivity index (χ2n) is 2.53. The van der Waals surface area contributed by atoms with Crippen molar-refractivity contribution in [3.8, 4) is 0 Å². The molecule has 0 bridgehead atoms. The van der Waals surface area contributed by atoms with Gasteiger partial charge in [0, 0.05) is 0 Å². The molecule has 0 saturated heterocycles. The summed E-state index contributed by atoms with van der Waals surface area (Å²) in [6.45, 7) is 0. The van der Waals surface area contributed by atoms with Crippen molar-refractivity contribution in [2.75, 3.05) is 12.8 Å². The van der Waals surface area contributed by atoms with Gasteiger partial charge in [-0.05, 0) is 0 Å². The Morgan fingerprint density at radius 1 is 1.57 bits per heavy atom. The van der Waals surface area contributed by atoms with Gasteiger partial charge in [0.05, 0.1) is 13.3 Å². The highest BCUT2D eigenvalue weighted by atomic mass is 16.5. The molecule has 0 saturated carbocycles. The Hall–Kier alpha value is -2.18. The van der Waals surface area contributed by atoms with Crippen LogP contribution in [-0.2, 0) is 4.74 Å². The van der Waals surface area contributed by atoms with Crippen molar-refractivity contribution in [3.63, 3.8) is 0 Å². The minimum absolute atomic E-state index is 0.193. The fourth-order valence-corrected chi connectivity index (χ4v) is 1.12. The number of ether oxygens (including phenoxy) is 1. The fraction of sp³-hybridized carbons (Fsp3) is 0.143. The third kappa shape index (κ3) is 1.06. The highest BCUT2D eigenvalue weighted by molar-refractivity contribution is 5.99. The number of carbonyl (C=O) groups excluding carboxylic acids is 1. The number of anilines is 1. The third-order valence-corrected chi connectivity index (χ3v) is 1.76. The standard InChI is InChI=1S/C7H7N5O2/c1-14-7(13)4-2-10-12-5(4)6(8)9-3-11-12/h2-3H,1H3,(H2,8,9,11). The van der Waals surface area contributed by atoms with Crippen LogP contribution in [0.25, 0.3) is 5.52 Å². The Morgan fingerprint density at radius 2 is 2.36 bits per heavy atom. The first-order valence-corrected chi connectivity index (χ1v) is 3.77. The molecular formula is C7H7N5O2. The predicted molar refractivity (Wildman–Crippen MR) is 46.5 cm³/mol. The molecule has 0 aliphatic rings. The average Bonchev–Trinajstić information content (AvgIpc) is 2.62. The quantitative estimate of drug-likeness (QED) is 0.613. The van der Waals surface area contributed by atoms with Gasteiger partial charge in [-0.15, -0.1) is 9.73 Å². The molecule has 2 N–H and O–H groups in total. The number of hydrogen-bond acceptors (Lipinski definition) is 6. The maximum absolute atomic E-state index is 11.3. The van der Waals surface area contributed by atoms with Gasteiger partial charge in [0.1, 0.15) is 17.4 Å². The van der Waals surface area contributed by atoms with Crippen molar-refractivity contribution in [2.24, 2.45) is 0 Å². The molecule has 72 valence electrons. The van der Waals surface area contributed by atoms with Gasteiger partial charge in [0.2, 0.25) is 0 Å². The lowest BCUT2D eigenvalue weighted by atomic mass is 10.3. The molecule has 0 fully saturated rings. The van der Waals surface area contributed by atoms with Crippen molar-refractivity contribution >= 4 is 17.3 Å². The number of rotatable bonds is 1. The molecule has 0 aliphatic carbocycles. The van der Waals surface area contributed by atoms with E-state index >= 15 is 0 Å². The normalized spacial score (nSPS) is 10.4. The zero-order valence-electron chi connectivity index (χ0n) is 7.34. The third-order valence-electron chi connectivity index (χ3n) is 1.76. The van der Waals surface area contributed by atoms with E-state index in [2.05, 4.69) is 19.9 Å². The van der Waals surface area contributed by atoms with Crippen molar-refractivity contribution < 1.29 is 9.53 Å². The number of hydrogen-bond donors (Lipinski definition) is 1. The topological polar surface area (TPSA) is 95.4 Å². The SMILES string of the molecule is COC(=O)c1cnn2ncnc(N)c12. The summed E-state index contributed by atoms with van der Waals surface area (Å²) in [6, 6.07) is 0. The van der Waals surface area contributed by atoms with E-state index in [1.54, 1.807) is 0 Å². The van der Waals surface area contributed by atoms with Crippen molar-refractivity contribution in [2.45, 2.75) is 0 Å². The number of fused-ring (bicyclic) bond motifs is 1. The first kappa shape index (κ1) is 8.42. The van der Waals surface area contributed by atoms with Crippen LogP contribution in [0.1, 0.15) is 10.4 Å². The number of esters is 1. The van der Waals surface area contributed by atoms with Crippen molar-refractivity contribution in [3.05, 3.63) is 18.1 Å². The Labute approximate surface area is 78.5 Å². The van der Waals surface area contributed by atoms with E-state index in [0.29, 0.717) is 5.52 Å². The van der Waals surface area contributed by atoms with E-state index in [-0.39, 0.29) is 11.4 Å². The Balaban J connectivity index is 2.73. The molecule has 2 aromatic rings. The summed E-state index contributed by atoms with van der Waals surface area (Å²) in [6.07, 6.45) is 2.60. The van der Waals surface area contributed by atoms with Gasteiger partial charge in [-0.1, -0.05) is 0 Å². The van der Waals surface area contributed by atoms with Crippen LogP contribution in [0.4, 0.5) is 5.82 Å². The largest absolute Gasteiger partial charge is 0.465 e. The summed E-state index contributed by atoms with van der Waals surface area (Å²) in [4.78, 5) is 15.0. The van der Waals surface area contributed by atoms with Crippen LogP contribution in [0.15, 0.2) is 12.5 Å². The summed E-state index contributed by atoms with van der Waals surface area (Å²) < 4.78 is 5.79. The van der Waals surface area contributed by atoms with Gasteiger partial charge in [0.25, 0.3) is 0 Å². The molecule has 2 rings (SSSR count). The van der Waals surface area contributed by atoms with E-state index in [0.717, 1.165) is 0 Å². The van der Waals surface area contributed by atoms with Crippen LogP contribution in [0.3, 0.4) is 0 Å². The van der Waals surface area contributed by atoms with Gasteiger partial charge in [0.15, 0.2) is 5.82 Å². The maximum Gasteiger partial charge on any atom is 0.341 e. The fourth-order valence-electron chi connectivity index (χ4n) is 1.12. The van der Waals surface area contributed by atoms with Crippen LogP contribution >= 0.6 is 0 Å². The lowest BCUT2D eigenvalue weighted by molar-refractivity contribution is 0.0603. The monoisotopic (exact) mass is 193 g/mol. The van der Waals surface area contributed by atoms with Crippen LogP contribution in [0.2, 0.25) is 0 Å². The molecule has 14 heavy (non-hydrogen) atoms. The summed E-state index contributed by atoms with van der Waals surface area (Å²) in [7, 11) is 1.28. The van der Waals surface area contributed by atoms with Gasteiger partial charge in [-0.3, -0.25) is 0 Å². The van der Waals surface area contributed by atoms with Gasteiger partial charge in [-0.25, -0.2) is 9.78 Å². The maximum atomic E-state index is 11.3. The molecule has 2 aromatic heterocycles. The Kier molecular flexibility index (Phi) is 1.77. The van der Waals surface area contributed by atoms with E-state index in [1.165, 1.54) is 24.3 Å². The summed E-state index contributed by atoms with van der Waals surface area (Å²) in [5, 5.41) is 7.62. The molecule has 0 radical (unpaired) electrons. The number of carbonyl (C=O) groups is 1. The van der Waals surface area contributed by atoms with Crippen LogP contribution in [-0.4, -0.2) is 32.9 Å². The number of nitrogens with two attached hydrogens (primary N) is 1. The number of aromatic nitrogens is 4. The van der Waals surface area contributed by atoms with E-state index < -0.39 is 5.97 Å². The van der Waals surface area contributed by atoms with Gasteiger partial charge < -0.3 is 10.5 Å². The predicted octanol–water partition coefficient (Wildman–Crippen LogP) is -0.507. The highest BCUT2D eigenvalue weighted by Gasteiger charge is 2.16. The average molecular weight is 193 g/mol. The smallest absolute Gasteiger partial charge is 0.341 e. The van der Waals surface area contributed by atoms with E-state index in [9.17, 15) is 4.79 Å². The van der Waals surface area contributed by atoms with E-state index in [1.807, 2.05) is 0 Å². The second-order valence-corrected chi connectivity index (χ2v) is 2.53. The molecule has 0 unspecified atom stereocenters. The zero-order valence-corrected chi connectivity index (χ0v) is 7.34. The Bertz CT molecular complexity index is 492. The minimum atomic E-state index is -0.512. The minimum Gasteiger partial charge on any atom is -0.465 e. The highest BCUT2D eigenvalue weighted by Crippen LogP contribution is 2.14. The van der Waals surface area contributed by atoms with E-state index in [4.69, 9.17) is 5.73 Å². The van der Waals surface area contributed by atoms with Crippen LogP contribution in [0, 0.1) is 0 Å². The summed E-state index contributed by atoms with van der Waals surface area (Å²) in [5.74, 6) is -0.320.